The SMILES string of the molecule is CCS(=O)(=O)n1c(C)nc2ccccc21. The van der Waals surface area contributed by atoms with Crippen LogP contribution in [0.5, 0.6) is 0 Å². The molecule has 1 aromatic heterocycles. The van der Waals surface area contributed by atoms with Gasteiger partial charge in [-0.2, -0.15) is 0 Å². The predicted molar refractivity (Wildman–Crippen MR) is 59.3 cm³/mol. The van der Waals surface area contributed by atoms with Gasteiger partial charge in [0.15, 0.2) is 0 Å². The molecule has 5 heteroatoms. The Kier molecular flexibility index (Phi) is 2.26. The maximum absolute atomic E-state index is 11.8. The van der Waals surface area contributed by atoms with Gasteiger partial charge in [-0.25, -0.2) is 17.4 Å². The van der Waals surface area contributed by atoms with Gasteiger partial charge in [0.25, 0.3) is 0 Å². The van der Waals surface area contributed by atoms with Crippen LogP contribution in [0.1, 0.15) is 12.7 Å². The quantitative estimate of drug-likeness (QED) is 0.777. The van der Waals surface area contributed by atoms with Crippen LogP contribution in [0.2, 0.25) is 0 Å². The smallest absolute Gasteiger partial charge is 0.232 e. The van der Waals surface area contributed by atoms with Crippen LogP contribution in [-0.4, -0.2) is 23.1 Å². The van der Waals surface area contributed by atoms with Crippen molar-refractivity contribution in [3.05, 3.63) is 30.1 Å². The van der Waals surface area contributed by atoms with Crippen LogP contribution in [-0.2, 0) is 10.0 Å². The summed E-state index contributed by atoms with van der Waals surface area (Å²) in [7, 11) is -3.26. The van der Waals surface area contributed by atoms with Crippen molar-refractivity contribution in [1.82, 2.24) is 8.96 Å². The van der Waals surface area contributed by atoms with E-state index in [1.165, 1.54) is 3.97 Å². The highest BCUT2D eigenvalue weighted by atomic mass is 32.2. The average Bonchev–Trinajstić information content (AvgIpc) is 2.54. The van der Waals surface area contributed by atoms with Gasteiger partial charge in [0.05, 0.1) is 16.8 Å². The molecule has 1 heterocycles. The third-order valence-corrected chi connectivity index (χ3v) is 4.07. The van der Waals surface area contributed by atoms with Gasteiger partial charge in [0, 0.05) is 0 Å². The minimum absolute atomic E-state index is 0.0776. The summed E-state index contributed by atoms with van der Waals surface area (Å²) in [5, 5.41) is 0. The largest absolute Gasteiger partial charge is 0.240 e. The van der Waals surface area contributed by atoms with Crippen molar-refractivity contribution in [2.45, 2.75) is 13.8 Å². The first-order valence-electron chi connectivity index (χ1n) is 4.73. The van der Waals surface area contributed by atoms with E-state index in [0.717, 1.165) is 0 Å². The molecule has 0 atom stereocenters. The molecule has 1 aromatic carbocycles. The zero-order valence-corrected chi connectivity index (χ0v) is 9.45. The summed E-state index contributed by atoms with van der Waals surface area (Å²) in [5.74, 6) is 0.590. The van der Waals surface area contributed by atoms with E-state index >= 15 is 0 Å². The molecule has 0 aliphatic rings. The van der Waals surface area contributed by atoms with E-state index in [-0.39, 0.29) is 5.75 Å². The van der Waals surface area contributed by atoms with Crippen LogP contribution in [0, 0.1) is 6.92 Å². The number of benzene rings is 1. The van der Waals surface area contributed by atoms with Gasteiger partial charge >= 0.3 is 0 Å². The van der Waals surface area contributed by atoms with Crippen molar-refractivity contribution in [3.63, 3.8) is 0 Å². The Morgan fingerprint density at radius 1 is 1.33 bits per heavy atom. The van der Waals surface area contributed by atoms with Crippen molar-refractivity contribution >= 4 is 21.1 Å². The highest BCUT2D eigenvalue weighted by Gasteiger charge is 2.17. The summed E-state index contributed by atoms with van der Waals surface area (Å²) in [4.78, 5) is 4.21. The summed E-state index contributed by atoms with van der Waals surface area (Å²) >= 11 is 0. The molecular formula is C10H12N2O2S. The molecule has 0 aliphatic carbocycles. The monoisotopic (exact) mass is 224 g/mol. The second-order valence-corrected chi connectivity index (χ2v) is 5.42. The molecule has 2 rings (SSSR count). The number of para-hydroxylation sites is 2. The van der Waals surface area contributed by atoms with E-state index in [9.17, 15) is 8.42 Å². The Morgan fingerprint density at radius 2 is 2.00 bits per heavy atom. The van der Waals surface area contributed by atoms with Gasteiger partial charge < -0.3 is 0 Å². The second-order valence-electron chi connectivity index (χ2n) is 3.31. The summed E-state index contributed by atoms with van der Waals surface area (Å²) in [6, 6.07) is 7.23. The van der Waals surface area contributed by atoms with Crippen molar-refractivity contribution in [2.75, 3.05) is 5.75 Å². The van der Waals surface area contributed by atoms with E-state index in [2.05, 4.69) is 4.98 Å². The number of imidazole rings is 1. The molecule has 0 fully saturated rings. The summed E-state index contributed by atoms with van der Waals surface area (Å²) in [5.41, 5.74) is 1.36. The van der Waals surface area contributed by atoms with Crippen molar-refractivity contribution in [1.29, 1.82) is 0 Å². The van der Waals surface area contributed by atoms with E-state index in [1.54, 1.807) is 19.9 Å². The molecule has 0 N–H and O–H groups in total. The predicted octanol–water partition coefficient (Wildman–Crippen LogP) is 1.54. The fourth-order valence-corrected chi connectivity index (χ4v) is 2.76. The number of hydrogen-bond acceptors (Lipinski definition) is 3. The van der Waals surface area contributed by atoms with E-state index < -0.39 is 10.0 Å². The lowest BCUT2D eigenvalue weighted by molar-refractivity contribution is 0.588. The van der Waals surface area contributed by atoms with Crippen LogP contribution in [0.3, 0.4) is 0 Å². The zero-order valence-electron chi connectivity index (χ0n) is 8.64. The molecular weight excluding hydrogens is 212 g/mol. The van der Waals surface area contributed by atoms with Crippen LogP contribution < -0.4 is 0 Å². The van der Waals surface area contributed by atoms with Gasteiger partial charge in [-0.1, -0.05) is 12.1 Å². The topological polar surface area (TPSA) is 52.0 Å². The maximum atomic E-state index is 11.8. The number of hydrogen-bond donors (Lipinski definition) is 0. The van der Waals surface area contributed by atoms with Gasteiger partial charge in [-0.15, -0.1) is 0 Å². The number of rotatable bonds is 2. The molecule has 4 nitrogen and oxygen atoms in total. The third-order valence-electron chi connectivity index (χ3n) is 2.32. The highest BCUT2D eigenvalue weighted by molar-refractivity contribution is 7.90. The molecule has 80 valence electrons. The Morgan fingerprint density at radius 3 is 2.67 bits per heavy atom. The number of fused-ring (bicyclic) bond motifs is 1. The maximum Gasteiger partial charge on any atom is 0.240 e. The zero-order chi connectivity index (χ0) is 11.1. The molecule has 0 aliphatic heterocycles. The normalized spacial score (nSPS) is 12.1. The van der Waals surface area contributed by atoms with Gasteiger partial charge in [-0.3, -0.25) is 0 Å². The molecule has 0 unspecified atom stereocenters. The molecule has 0 amide bonds. The first kappa shape index (κ1) is 10.2. The first-order chi connectivity index (χ1) is 7.06. The van der Waals surface area contributed by atoms with E-state index in [0.29, 0.717) is 16.9 Å². The minimum Gasteiger partial charge on any atom is -0.232 e. The number of aryl methyl sites for hydroxylation is 1. The van der Waals surface area contributed by atoms with E-state index in [1.807, 2.05) is 18.2 Å². The fourth-order valence-electron chi connectivity index (χ4n) is 1.60. The summed E-state index contributed by atoms with van der Waals surface area (Å²) in [6.45, 7) is 3.33. The molecule has 0 saturated carbocycles. The molecule has 0 saturated heterocycles. The van der Waals surface area contributed by atoms with Crippen molar-refractivity contribution in [2.24, 2.45) is 0 Å². The highest BCUT2D eigenvalue weighted by Crippen LogP contribution is 2.17. The molecule has 0 spiro atoms. The minimum atomic E-state index is -3.26. The summed E-state index contributed by atoms with van der Waals surface area (Å²) < 4.78 is 24.9. The van der Waals surface area contributed by atoms with Crippen LogP contribution in [0.4, 0.5) is 0 Å². The Balaban J connectivity index is 2.87. The second kappa shape index (κ2) is 3.34. The van der Waals surface area contributed by atoms with Crippen molar-refractivity contribution < 1.29 is 8.42 Å². The molecule has 0 bridgehead atoms. The standard InChI is InChI=1S/C10H12N2O2S/c1-3-15(13,14)12-8(2)11-9-6-4-5-7-10(9)12/h4-7H,3H2,1-2H3. The first-order valence-corrected chi connectivity index (χ1v) is 6.34. The Labute approximate surface area is 88.6 Å². The third kappa shape index (κ3) is 1.52. The fraction of sp³-hybridized carbons (Fsp3) is 0.300. The van der Waals surface area contributed by atoms with Gasteiger partial charge in [0.2, 0.25) is 10.0 Å². The van der Waals surface area contributed by atoms with Crippen molar-refractivity contribution in [3.8, 4) is 0 Å². The molecule has 15 heavy (non-hydrogen) atoms. The Bertz CT molecular complexity index is 599. The lowest BCUT2D eigenvalue weighted by atomic mass is 10.3. The van der Waals surface area contributed by atoms with Crippen LogP contribution >= 0.6 is 0 Å². The van der Waals surface area contributed by atoms with Gasteiger partial charge in [0.1, 0.15) is 5.82 Å². The molecule has 2 aromatic rings. The number of nitrogens with zero attached hydrogens (tertiary/aromatic N) is 2. The molecule has 0 radical (unpaired) electrons. The lowest BCUT2D eigenvalue weighted by Gasteiger charge is -2.05. The Hall–Kier alpha value is -1.36. The lowest BCUT2D eigenvalue weighted by Crippen LogP contribution is -2.15. The van der Waals surface area contributed by atoms with Crippen LogP contribution in [0.25, 0.3) is 11.0 Å². The van der Waals surface area contributed by atoms with E-state index in [4.69, 9.17) is 0 Å². The summed E-state index contributed by atoms with van der Waals surface area (Å²) in [6.07, 6.45) is 0. The van der Waals surface area contributed by atoms with Crippen LogP contribution in [0.15, 0.2) is 24.3 Å². The average molecular weight is 224 g/mol. The van der Waals surface area contributed by atoms with Gasteiger partial charge in [-0.05, 0) is 26.0 Å². The number of aromatic nitrogens is 2.